The number of rotatable bonds is 5. The summed E-state index contributed by atoms with van der Waals surface area (Å²) in [5.74, 6) is 0.149. The molecule has 0 aliphatic carbocycles. The van der Waals surface area contributed by atoms with Gasteiger partial charge in [-0.1, -0.05) is 0 Å². The summed E-state index contributed by atoms with van der Waals surface area (Å²) in [6, 6.07) is 9.63. The molecule has 1 aromatic heterocycles. The maximum absolute atomic E-state index is 12.6. The van der Waals surface area contributed by atoms with Gasteiger partial charge in [0.25, 0.3) is 5.91 Å². The van der Waals surface area contributed by atoms with E-state index in [1.807, 2.05) is 19.9 Å². The Morgan fingerprint density at radius 3 is 2.69 bits per heavy atom. The SMILES string of the molecule is CCOc1ncccc1C(=O)Nc1ccc(N2CCN(C)CC2)cc1C. The number of hydrogen-bond acceptors (Lipinski definition) is 5. The molecule has 0 spiro atoms. The Kier molecular flexibility index (Phi) is 5.73. The quantitative estimate of drug-likeness (QED) is 0.895. The Hall–Kier alpha value is -2.60. The molecule has 1 fully saturated rings. The van der Waals surface area contributed by atoms with E-state index in [4.69, 9.17) is 4.74 Å². The maximum atomic E-state index is 12.6. The van der Waals surface area contributed by atoms with Crippen LogP contribution in [-0.4, -0.2) is 55.6 Å². The van der Waals surface area contributed by atoms with Gasteiger partial charge in [-0.15, -0.1) is 0 Å². The third kappa shape index (κ3) is 4.14. The molecule has 3 rings (SSSR count). The summed E-state index contributed by atoms with van der Waals surface area (Å²) in [4.78, 5) is 21.5. The number of ether oxygens (including phenoxy) is 1. The number of piperazine rings is 1. The fraction of sp³-hybridized carbons (Fsp3) is 0.400. The second-order valence-electron chi connectivity index (χ2n) is 6.53. The summed E-state index contributed by atoms with van der Waals surface area (Å²) in [5, 5.41) is 2.98. The van der Waals surface area contributed by atoms with Crippen molar-refractivity contribution in [3.05, 3.63) is 47.7 Å². The molecule has 26 heavy (non-hydrogen) atoms. The molecule has 6 nitrogen and oxygen atoms in total. The topological polar surface area (TPSA) is 57.7 Å². The minimum Gasteiger partial charge on any atom is -0.477 e. The minimum absolute atomic E-state index is 0.211. The van der Waals surface area contributed by atoms with Crippen LogP contribution >= 0.6 is 0 Å². The van der Waals surface area contributed by atoms with Gasteiger partial charge in [-0.25, -0.2) is 4.98 Å². The second kappa shape index (κ2) is 8.19. The van der Waals surface area contributed by atoms with Gasteiger partial charge in [0, 0.05) is 43.8 Å². The lowest BCUT2D eigenvalue weighted by Crippen LogP contribution is -2.44. The summed E-state index contributed by atoms with van der Waals surface area (Å²) >= 11 is 0. The highest BCUT2D eigenvalue weighted by Gasteiger charge is 2.17. The van der Waals surface area contributed by atoms with Gasteiger partial charge in [-0.05, 0) is 56.8 Å². The van der Waals surface area contributed by atoms with E-state index in [0.29, 0.717) is 18.1 Å². The van der Waals surface area contributed by atoms with Gasteiger partial charge < -0.3 is 19.9 Å². The molecule has 1 aliphatic rings. The monoisotopic (exact) mass is 354 g/mol. The number of nitrogens with one attached hydrogen (secondary N) is 1. The van der Waals surface area contributed by atoms with Crippen LogP contribution in [-0.2, 0) is 0 Å². The Morgan fingerprint density at radius 2 is 2.00 bits per heavy atom. The minimum atomic E-state index is -0.211. The highest BCUT2D eigenvalue weighted by molar-refractivity contribution is 6.06. The van der Waals surface area contributed by atoms with Crippen LogP contribution in [0, 0.1) is 6.92 Å². The zero-order valence-corrected chi connectivity index (χ0v) is 15.7. The molecule has 1 N–H and O–H groups in total. The average Bonchev–Trinajstić information content (AvgIpc) is 2.65. The highest BCUT2D eigenvalue weighted by atomic mass is 16.5. The van der Waals surface area contributed by atoms with Gasteiger partial charge in [-0.2, -0.15) is 0 Å². The lowest BCUT2D eigenvalue weighted by atomic mass is 10.1. The highest BCUT2D eigenvalue weighted by Crippen LogP contribution is 2.25. The molecule has 2 aromatic rings. The normalized spacial score (nSPS) is 15.0. The molecule has 2 heterocycles. The number of hydrogen-bond donors (Lipinski definition) is 1. The third-order valence-electron chi connectivity index (χ3n) is 4.62. The van der Waals surface area contributed by atoms with Crippen LogP contribution in [0.25, 0.3) is 0 Å². The number of benzene rings is 1. The lowest BCUT2D eigenvalue weighted by Gasteiger charge is -2.34. The van der Waals surface area contributed by atoms with E-state index in [1.54, 1.807) is 18.3 Å². The Morgan fingerprint density at radius 1 is 1.23 bits per heavy atom. The van der Waals surface area contributed by atoms with Gasteiger partial charge >= 0.3 is 0 Å². The number of aromatic nitrogens is 1. The van der Waals surface area contributed by atoms with Crippen LogP contribution in [0.1, 0.15) is 22.8 Å². The smallest absolute Gasteiger partial charge is 0.261 e. The molecule has 6 heteroatoms. The number of carbonyl (C=O) groups is 1. The van der Waals surface area contributed by atoms with E-state index in [1.165, 1.54) is 5.69 Å². The second-order valence-corrected chi connectivity index (χ2v) is 6.53. The molecular formula is C20H26N4O2. The molecular weight excluding hydrogens is 328 g/mol. The first-order chi connectivity index (χ1) is 12.6. The van der Waals surface area contributed by atoms with E-state index in [0.717, 1.165) is 37.4 Å². The van der Waals surface area contributed by atoms with Crippen LogP contribution in [0.4, 0.5) is 11.4 Å². The third-order valence-corrected chi connectivity index (χ3v) is 4.62. The molecule has 0 bridgehead atoms. The fourth-order valence-corrected chi connectivity index (χ4v) is 3.05. The molecule has 1 aromatic carbocycles. The van der Waals surface area contributed by atoms with Crippen molar-refractivity contribution in [3.8, 4) is 5.88 Å². The van der Waals surface area contributed by atoms with Crippen molar-refractivity contribution in [2.24, 2.45) is 0 Å². The molecule has 1 amide bonds. The summed E-state index contributed by atoms with van der Waals surface area (Å²) in [6.07, 6.45) is 1.62. The van der Waals surface area contributed by atoms with Gasteiger partial charge in [0.15, 0.2) is 0 Å². The van der Waals surface area contributed by atoms with Crippen LogP contribution in [0.2, 0.25) is 0 Å². The summed E-state index contributed by atoms with van der Waals surface area (Å²) in [6.45, 7) is 8.54. The fourth-order valence-electron chi connectivity index (χ4n) is 3.05. The summed E-state index contributed by atoms with van der Waals surface area (Å²) in [5.41, 5.74) is 3.48. The Bertz CT molecular complexity index is 770. The predicted octanol–water partition coefficient (Wildman–Crippen LogP) is 2.79. The number of carbonyl (C=O) groups excluding carboxylic acids is 1. The predicted molar refractivity (Wildman–Crippen MR) is 104 cm³/mol. The number of aryl methyl sites for hydroxylation is 1. The molecule has 0 saturated carbocycles. The first-order valence-corrected chi connectivity index (χ1v) is 9.01. The van der Waals surface area contributed by atoms with Gasteiger partial charge in [0.05, 0.1) is 6.61 Å². The summed E-state index contributed by atoms with van der Waals surface area (Å²) in [7, 11) is 2.15. The summed E-state index contributed by atoms with van der Waals surface area (Å²) < 4.78 is 5.45. The lowest BCUT2D eigenvalue weighted by molar-refractivity contribution is 0.102. The van der Waals surface area contributed by atoms with Crippen molar-refractivity contribution in [3.63, 3.8) is 0 Å². The Labute approximate surface area is 154 Å². The number of likely N-dealkylation sites (N-methyl/N-ethyl adjacent to an activating group) is 1. The van der Waals surface area contributed by atoms with Crippen molar-refractivity contribution >= 4 is 17.3 Å². The number of amides is 1. The van der Waals surface area contributed by atoms with Crippen molar-refractivity contribution in [2.75, 3.05) is 50.1 Å². The van der Waals surface area contributed by atoms with Gasteiger partial charge in [0.1, 0.15) is 5.56 Å². The van der Waals surface area contributed by atoms with Crippen molar-refractivity contribution < 1.29 is 9.53 Å². The van der Waals surface area contributed by atoms with Crippen molar-refractivity contribution in [1.82, 2.24) is 9.88 Å². The van der Waals surface area contributed by atoms with Crippen LogP contribution < -0.4 is 15.0 Å². The van der Waals surface area contributed by atoms with Crippen LogP contribution in [0.5, 0.6) is 5.88 Å². The largest absolute Gasteiger partial charge is 0.477 e. The van der Waals surface area contributed by atoms with E-state index in [9.17, 15) is 4.79 Å². The standard InChI is InChI=1S/C20H26N4O2/c1-4-26-20-17(6-5-9-21-20)19(25)22-18-8-7-16(14-15(18)2)24-12-10-23(3)11-13-24/h5-9,14H,4,10-13H2,1-3H3,(H,22,25). The van der Waals surface area contributed by atoms with Crippen LogP contribution in [0.3, 0.4) is 0 Å². The number of pyridine rings is 1. The van der Waals surface area contributed by atoms with Crippen molar-refractivity contribution in [2.45, 2.75) is 13.8 Å². The van der Waals surface area contributed by atoms with Crippen LogP contribution in [0.15, 0.2) is 36.5 Å². The van der Waals surface area contributed by atoms with E-state index >= 15 is 0 Å². The molecule has 1 saturated heterocycles. The first-order valence-electron chi connectivity index (χ1n) is 9.01. The Balaban J connectivity index is 1.73. The molecule has 0 unspecified atom stereocenters. The van der Waals surface area contributed by atoms with Gasteiger partial charge in [-0.3, -0.25) is 4.79 Å². The van der Waals surface area contributed by atoms with Gasteiger partial charge in [0.2, 0.25) is 5.88 Å². The molecule has 0 radical (unpaired) electrons. The molecule has 1 aliphatic heterocycles. The molecule has 138 valence electrons. The molecule has 0 atom stereocenters. The maximum Gasteiger partial charge on any atom is 0.261 e. The zero-order chi connectivity index (χ0) is 18.5. The van der Waals surface area contributed by atoms with Crippen molar-refractivity contribution in [1.29, 1.82) is 0 Å². The average molecular weight is 354 g/mol. The number of anilines is 2. The van der Waals surface area contributed by atoms with E-state index in [2.05, 4.69) is 39.3 Å². The van der Waals surface area contributed by atoms with E-state index in [-0.39, 0.29) is 5.91 Å². The first kappa shape index (κ1) is 18.2. The van der Waals surface area contributed by atoms with E-state index < -0.39 is 0 Å². The zero-order valence-electron chi connectivity index (χ0n) is 15.7. The number of nitrogens with zero attached hydrogens (tertiary/aromatic N) is 3.